The van der Waals surface area contributed by atoms with Crippen LogP contribution in [0.25, 0.3) is 0 Å². The van der Waals surface area contributed by atoms with E-state index in [1.807, 2.05) is 0 Å². The molecule has 0 fully saturated rings. The van der Waals surface area contributed by atoms with Crippen molar-refractivity contribution >= 4 is 11.9 Å². The number of hydrogen-bond acceptors (Lipinski definition) is 3. The predicted octanol–water partition coefficient (Wildman–Crippen LogP) is 1.53. The van der Waals surface area contributed by atoms with Crippen molar-refractivity contribution in [2.24, 2.45) is 0 Å². The average molecular weight is 273 g/mol. The summed E-state index contributed by atoms with van der Waals surface area (Å²) in [7, 11) is 0. The number of carbonyl (C=O) groups excluding carboxylic acids is 1. The van der Waals surface area contributed by atoms with Gasteiger partial charge in [-0.05, 0) is 18.2 Å². The van der Waals surface area contributed by atoms with Crippen LogP contribution in [0.2, 0.25) is 0 Å². The van der Waals surface area contributed by atoms with Crippen molar-refractivity contribution in [3.05, 3.63) is 47.5 Å². The third-order valence-electron chi connectivity index (χ3n) is 2.42. The van der Waals surface area contributed by atoms with Crippen LogP contribution in [0.4, 0.5) is 10.3 Å². The average Bonchev–Trinajstić information content (AvgIpc) is 2.92. The second-order valence-electron chi connectivity index (χ2n) is 3.86. The maximum absolute atomic E-state index is 13.2. The van der Waals surface area contributed by atoms with Gasteiger partial charge in [0.15, 0.2) is 0 Å². The van der Waals surface area contributed by atoms with E-state index in [2.05, 4.69) is 27.1 Å². The molecule has 1 aromatic carbocycles. The van der Waals surface area contributed by atoms with E-state index < -0.39 is 11.7 Å². The summed E-state index contributed by atoms with van der Waals surface area (Å²) in [6.07, 6.45) is 3.33. The molecule has 0 spiro atoms. The summed E-state index contributed by atoms with van der Waals surface area (Å²) in [6, 6.07) is 3.73. The number of carbonyl (C=O) groups is 1. The minimum atomic E-state index is -0.479. The van der Waals surface area contributed by atoms with Crippen LogP contribution in [0.1, 0.15) is 22.3 Å². The Hall–Kier alpha value is -2.65. The molecule has 102 valence electrons. The van der Waals surface area contributed by atoms with Crippen LogP contribution in [-0.4, -0.2) is 27.6 Å². The molecule has 1 amide bonds. The van der Waals surface area contributed by atoms with E-state index in [-0.39, 0.29) is 24.2 Å². The minimum absolute atomic E-state index is 0.0871. The van der Waals surface area contributed by atoms with Gasteiger partial charge in [0.05, 0.1) is 12.2 Å². The van der Waals surface area contributed by atoms with Crippen LogP contribution in [0.5, 0.6) is 0 Å². The van der Waals surface area contributed by atoms with Crippen molar-refractivity contribution in [2.45, 2.75) is 6.42 Å². The molecule has 0 radical (unpaired) electrons. The molecule has 2 rings (SSSR count). The number of rotatable bonds is 3. The lowest BCUT2D eigenvalue weighted by Crippen LogP contribution is -2.14. The summed E-state index contributed by atoms with van der Waals surface area (Å²) in [5.41, 5.74) is 0.510. The molecule has 20 heavy (non-hydrogen) atoms. The lowest BCUT2D eigenvalue weighted by atomic mass is 10.1. The first kappa shape index (κ1) is 13.8. The molecular weight excluding hydrogens is 261 g/mol. The van der Waals surface area contributed by atoms with Gasteiger partial charge in [0, 0.05) is 24.4 Å². The number of aliphatic hydroxyl groups is 1. The third-order valence-corrected chi connectivity index (χ3v) is 2.42. The van der Waals surface area contributed by atoms with Crippen LogP contribution in [0.3, 0.4) is 0 Å². The fourth-order valence-corrected chi connectivity index (χ4v) is 1.54. The van der Waals surface area contributed by atoms with Crippen molar-refractivity contribution in [3.8, 4) is 11.8 Å². The monoisotopic (exact) mass is 273 g/mol. The van der Waals surface area contributed by atoms with Crippen molar-refractivity contribution in [1.82, 2.24) is 9.97 Å². The minimum Gasteiger partial charge on any atom is -0.395 e. The Kier molecular flexibility index (Phi) is 4.47. The Bertz CT molecular complexity index is 657. The van der Waals surface area contributed by atoms with Crippen LogP contribution >= 0.6 is 0 Å². The summed E-state index contributed by atoms with van der Waals surface area (Å²) in [5.74, 6) is 4.72. The van der Waals surface area contributed by atoms with E-state index in [1.165, 1.54) is 24.4 Å². The molecule has 0 aliphatic carbocycles. The van der Waals surface area contributed by atoms with Gasteiger partial charge in [-0.3, -0.25) is 10.1 Å². The highest BCUT2D eigenvalue weighted by molar-refractivity contribution is 6.05. The molecule has 6 heteroatoms. The quantitative estimate of drug-likeness (QED) is 0.742. The summed E-state index contributed by atoms with van der Waals surface area (Å²) < 4.78 is 13.2. The molecule has 1 aromatic heterocycles. The van der Waals surface area contributed by atoms with Crippen molar-refractivity contribution in [2.75, 3.05) is 11.9 Å². The number of anilines is 1. The number of nitrogens with one attached hydrogen (secondary N) is 2. The van der Waals surface area contributed by atoms with Gasteiger partial charge in [0.25, 0.3) is 5.91 Å². The second kappa shape index (κ2) is 6.50. The van der Waals surface area contributed by atoms with Gasteiger partial charge in [0.2, 0.25) is 5.95 Å². The number of aromatic amines is 1. The number of hydrogen-bond donors (Lipinski definition) is 3. The Balaban J connectivity index is 2.26. The molecule has 0 aliphatic heterocycles. The number of amides is 1. The van der Waals surface area contributed by atoms with Gasteiger partial charge in [-0.25, -0.2) is 9.37 Å². The maximum atomic E-state index is 13.2. The largest absolute Gasteiger partial charge is 0.395 e. The molecule has 0 bridgehead atoms. The van der Waals surface area contributed by atoms with E-state index >= 15 is 0 Å². The van der Waals surface area contributed by atoms with E-state index in [1.54, 1.807) is 6.20 Å². The molecule has 0 aliphatic rings. The fraction of sp³-hybridized carbons (Fsp3) is 0.143. The van der Waals surface area contributed by atoms with E-state index in [0.29, 0.717) is 5.95 Å². The van der Waals surface area contributed by atoms with Gasteiger partial charge < -0.3 is 10.1 Å². The van der Waals surface area contributed by atoms with Crippen molar-refractivity contribution in [3.63, 3.8) is 0 Å². The van der Waals surface area contributed by atoms with Gasteiger partial charge in [0.1, 0.15) is 5.82 Å². The Morgan fingerprint density at radius 2 is 2.35 bits per heavy atom. The van der Waals surface area contributed by atoms with Crippen molar-refractivity contribution < 1.29 is 14.3 Å². The number of H-pyrrole nitrogens is 1. The Labute approximate surface area is 114 Å². The summed E-state index contributed by atoms with van der Waals surface area (Å²) in [4.78, 5) is 18.7. The second-order valence-corrected chi connectivity index (χ2v) is 3.86. The molecule has 1 heterocycles. The topological polar surface area (TPSA) is 78.0 Å². The normalized spacial score (nSPS) is 9.70. The molecule has 0 saturated heterocycles. The zero-order chi connectivity index (χ0) is 14.4. The first-order chi connectivity index (χ1) is 9.70. The molecule has 0 saturated carbocycles. The zero-order valence-corrected chi connectivity index (χ0v) is 10.5. The molecule has 0 unspecified atom stereocenters. The van der Waals surface area contributed by atoms with Crippen LogP contribution < -0.4 is 5.32 Å². The number of nitrogens with zero attached hydrogens (tertiary/aromatic N) is 1. The van der Waals surface area contributed by atoms with Crippen molar-refractivity contribution in [1.29, 1.82) is 0 Å². The molecule has 5 nitrogen and oxygen atoms in total. The van der Waals surface area contributed by atoms with E-state index in [4.69, 9.17) is 5.11 Å². The number of imidazole rings is 1. The molecule has 0 atom stereocenters. The first-order valence-corrected chi connectivity index (χ1v) is 5.90. The lowest BCUT2D eigenvalue weighted by molar-refractivity contribution is 0.102. The third kappa shape index (κ3) is 3.43. The lowest BCUT2D eigenvalue weighted by Gasteiger charge is -2.04. The predicted molar refractivity (Wildman–Crippen MR) is 71.5 cm³/mol. The van der Waals surface area contributed by atoms with Crippen LogP contribution in [0.15, 0.2) is 30.6 Å². The first-order valence-electron chi connectivity index (χ1n) is 5.90. The Morgan fingerprint density at radius 1 is 1.50 bits per heavy atom. The highest BCUT2D eigenvalue weighted by atomic mass is 19.1. The smallest absolute Gasteiger partial charge is 0.259 e. The Morgan fingerprint density at radius 3 is 3.05 bits per heavy atom. The summed E-state index contributed by atoms with van der Waals surface area (Å²) in [6.45, 7) is -0.0871. The highest BCUT2D eigenvalue weighted by Gasteiger charge is 2.12. The number of halogens is 1. The number of aromatic nitrogens is 2. The maximum Gasteiger partial charge on any atom is 0.259 e. The fourth-order valence-electron chi connectivity index (χ4n) is 1.54. The summed E-state index contributed by atoms with van der Waals surface area (Å²) in [5, 5.41) is 11.2. The van der Waals surface area contributed by atoms with Crippen LogP contribution in [-0.2, 0) is 0 Å². The van der Waals surface area contributed by atoms with Gasteiger partial charge in [-0.2, -0.15) is 0 Å². The number of aliphatic hydroxyl groups excluding tert-OH is 1. The molecule has 3 N–H and O–H groups in total. The van der Waals surface area contributed by atoms with E-state index in [0.717, 1.165) is 0 Å². The summed E-state index contributed by atoms with van der Waals surface area (Å²) >= 11 is 0. The van der Waals surface area contributed by atoms with Gasteiger partial charge in [-0.15, -0.1) is 0 Å². The molecular formula is C14H12FN3O2. The standard InChI is InChI=1S/C14H12FN3O2/c15-11-4-5-12(10(9-11)3-1-2-8-19)13(20)18-14-16-6-7-17-14/h4-7,9,19H,2,8H2,(H2,16,17,18,20). The van der Waals surface area contributed by atoms with Gasteiger partial charge >= 0.3 is 0 Å². The number of benzene rings is 1. The zero-order valence-electron chi connectivity index (χ0n) is 10.5. The molecule has 2 aromatic rings. The SMILES string of the molecule is O=C(Nc1ncc[nH]1)c1ccc(F)cc1C#CCCO. The van der Waals surface area contributed by atoms with Gasteiger partial charge in [-0.1, -0.05) is 11.8 Å². The highest BCUT2D eigenvalue weighted by Crippen LogP contribution is 2.12. The van der Waals surface area contributed by atoms with Crippen LogP contribution in [0, 0.1) is 17.7 Å². The van der Waals surface area contributed by atoms with E-state index in [9.17, 15) is 9.18 Å².